The van der Waals surface area contributed by atoms with Gasteiger partial charge in [-0.25, -0.2) is 17.2 Å². The summed E-state index contributed by atoms with van der Waals surface area (Å²) in [5, 5.41) is 0. The first-order valence-electron chi connectivity index (χ1n) is 8.71. The molecule has 0 aromatic heterocycles. The summed E-state index contributed by atoms with van der Waals surface area (Å²) in [7, 11) is -4.72. The number of hydrogen-bond donors (Lipinski definition) is 0. The van der Waals surface area contributed by atoms with Gasteiger partial charge in [-0.2, -0.15) is 8.78 Å². The second-order valence-corrected chi connectivity index (χ2v) is 8.43. The molecule has 0 spiro atoms. The van der Waals surface area contributed by atoms with Crippen LogP contribution in [0.15, 0.2) is 47.4 Å². The summed E-state index contributed by atoms with van der Waals surface area (Å²) in [5.74, 6) is -5.48. The first kappa shape index (κ1) is 21.1. The van der Waals surface area contributed by atoms with E-state index in [9.17, 15) is 30.8 Å². The van der Waals surface area contributed by atoms with Gasteiger partial charge in [0.1, 0.15) is 11.9 Å². The summed E-state index contributed by atoms with van der Waals surface area (Å²) in [6.07, 6.45) is 0.485. The molecule has 1 amide bonds. The molecule has 1 saturated heterocycles. The van der Waals surface area contributed by atoms with Crippen LogP contribution >= 0.6 is 0 Å². The Balaban J connectivity index is 1.60. The van der Waals surface area contributed by atoms with Gasteiger partial charge in [0, 0.05) is 37.6 Å². The molecular formula is C19H17F4NO4S. The highest BCUT2D eigenvalue weighted by molar-refractivity contribution is 7.91. The van der Waals surface area contributed by atoms with E-state index in [1.54, 1.807) is 0 Å². The highest BCUT2D eigenvalue weighted by atomic mass is 32.2. The maximum Gasteiger partial charge on any atom is 0.341 e. The molecule has 2 aromatic rings. The summed E-state index contributed by atoms with van der Waals surface area (Å²) in [6, 6.07) is 7.35. The SMILES string of the molecule is O=C(c1ccc(S(=O)(=O)C(F)F)cc1)N1CCC(Oc2ccc(F)cc2F)CC1. The Bertz CT molecular complexity index is 988. The quantitative estimate of drug-likeness (QED) is 0.678. The van der Waals surface area contributed by atoms with Gasteiger partial charge in [0.05, 0.1) is 4.90 Å². The van der Waals surface area contributed by atoms with Crippen molar-refractivity contribution in [2.45, 2.75) is 29.6 Å². The number of sulfone groups is 1. The van der Waals surface area contributed by atoms with Crippen molar-refractivity contribution in [3.8, 4) is 5.75 Å². The zero-order valence-electron chi connectivity index (χ0n) is 15.0. The monoisotopic (exact) mass is 431 g/mol. The fourth-order valence-electron chi connectivity index (χ4n) is 3.00. The second-order valence-electron chi connectivity index (χ2n) is 6.51. The van der Waals surface area contributed by atoms with Gasteiger partial charge in [-0.15, -0.1) is 0 Å². The smallest absolute Gasteiger partial charge is 0.341 e. The van der Waals surface area contributed by atoms with Crippen molar-refractivity contribution < 1.29 is 35.5 Å². The molecule has 0 N–H and O–H groups in total. The number of halogens is 4. The third kappa shape index (κ3) is 4.69. The van der Waals surface area contributed by atoms with Crippen LogP contribution in [0, 0.1) is 11.6 Å². The minimum atomic E-state index is -4.72. The molecule has 0 unspecified atom stereocenters. The molecule has 5 nitrogen and oxygen atoms in total. The number of carbonyl (C=O) groups is 1. The van der Waals surface area contributed by atoms with Gasteiger partial charge in [0.25, 0.3) is 5.91 Å². The zero-order valence-corrected chi connectivity index (χ0v) is 15.8. The molecule has 0 saturated carbocycles. The maximum absolute atomic E-state index is 13.7. The topological polar surface area (TPSA) is 63.7 Å². The fourth-order valence-corrected chi connectivity index (χ4v) is 3.72. The molecule has 0 bridgehead atoms. The van der Waals surface area contributed by atoms with Crippen LogP contribution < -0.4 is 4.74 Å². The number of carbonyl (C=O) groups excluding carboxylic acids is 1. The van der Waals surface area contributed by atoms with E-state index < -0.39 is 32.1 Å². The number of piperidine rings is 1. The van der Waals surface area contributed by atoms with Crippen LogP contribution in [0.25, 0.3) is 0 Å². The van der Waals surface area contributed by atoms with Crippen molar-refractivity contribution in [2.75, 3.05) is 13.1 Å². The average molecular weight is 431 g/mol. The summed E-state index contributed by atoms with van der Waals surface area (Å²) >= 11 is 0. The molecule has 1 aliphatic rings. The molecule has 3 rings (SSSR count). The average Bonchev–Trinajstić information content (AvgIpc) is 2.70. The van der Waals surface area contributed by atoms with E-state index in [0.29, 0.717) is 25.9 Å². The molecule has 1 heterocycles. The van der Waals surface area contributed by atoms with E-state index in [-0.39, 0.29) is 23.3 Å². The van der Waals surface area contributed by atoms with Crippen LogP contribution in [0.5, 0.6) is 5.75 Å². The summed E-state index contributed by atoms with van der Waals surface area (Å²) in [5.41, 5.74) is 0.169. The Kier molecular flexibility index (Phi) is 6.11. The number of ether oxygens (including phenoxy) is 1. The molecule has 0 atom stereocenters. The Labute approximate surface area is 164 Å². The van der Waals surface area contributed by atoms with Crippen molar-refractivity contribution in [1.29, 1.82) is 0 Å². The molecule has 2 aromatic carbocycles. The lowest BCUT2D eigenvalue weighted by molar-refractivity contribution is 0.0588. The Morgan fingerprint density at radius 3 is 2.21 bits per heavy atom. The molecule has 1 fully saturated rings. The number of nitrogens with zero attached hydrogens (tertiary/aromatic N) is 1. The lowest BCUT2D eigenvalue weighted by atomic mass is 10.1. The number of amides is 1. The van der Waals surface area contributed by atoms with Crippen molar-refractivity contribution >= 4 is 15.7 Å². The predicted molar refractivity (Wildman–Crippen MR) is 95.5 cm³/mol. The maximum atomic E-state index is 13.7. The highest BCUT2D eigenvalue weighted by Crippen LogP contribution is 2.24. The normalized spacial score (nSPS) is 15.6. The van der Waals surface area contributed by atoms with Gasteiger partial charge in [-0.05, 0) is 36.4 Å². The lowest BCUT2D eigenvalue weighted by Crippen LogP contribution is -2.41. The molecule has 156 valence electrons. The van der Waals surface area contributed by atoms with E-state index >= 15 is 0 Å². The number of benzene rings is 2. The Morgan fingerprint density at radius 2 is 1.66 bits per heavy atom. The molecule has 29 heavy (non-hydrogen) atoms. The van der Waals surface area contributed by atoms with Crippen molar-refractivity contribution in [3.05, 3.63) is 59.7 Å². The van der Waals surface area contributed by atoms with Gasteiger partial charge in [-0.1, -0.05) is 0 Å². The second kappa shape index (κ2) is 8.40. The van der Waals surface area contributed by atoms with E-state index in [1.165, 1.54) is 23.1 Å². The number of rotatable bonds is 5. The molecular weight excluding hydrogens is 414 g/mol. The van der Waals surface area contributed by atoms with Crippen LogP contribution in [-0.4, -0.2) is 44.2 Å². The van der Waals surface area contributed by atoms with Gasteiger partial charge in [0.15, 0.2) is 11.6 Å². The van der Waals surface area contributed by atoms with Crippen molar-refractivity contribution in [3.63, 3.8) is 0 Å². The van der Waals surface area contributed by atoms with Crippen molar-refractivity contribution in [2.24, 2.45) is 0 Å². The van der Waals surface area contributed by atoms with Gasteiger partial charge in [-0.3, -0.25) is 4.79 Å². The summed E-state index contributed by atoms with van der Waals surface area (Å²) < 4.78 is 80.2. The zero-order chi connectivity index (χ0) is 21.2. The summed E-state index contributed by atoms with van der Waals surface area (Å²) in [4.78, 5) is 13.5. The third-order valence-electron chi connectivity index (χ3n) is 4.58. The predicted octanol–water partition coefficient (Wildman–Crippen LogP) is 3.64. The van der Waals surface area contributed by atoms with E-state index in [1.807, 2.05) is 0 Å². The molecule has 1 aliphatic heterocycles. The third-order valence-corrected chi connectivity index (χ3v) is 5.98. The van der Waals surface area contributed by atoms with E-state index in [2.05, 4.69) is 0 Å². The lowest BCUT2D eigenvalue weighted by Gasteiger charge is -2.32. The number of hydrogen-bond acceptors (Lipinski definition) is 4. The Hall–Kier alpha value is -2.62. The van der Waals surface area contributed by atoms with Crippen LogP contribution in [-0.2, 0) is 9.84 Å². The Morgan fingerprint density at radius 1 is 1.03 bits per heavy atom. The van der Waals surface area contributed by atoms with Crippen LogP contribution in [0.3, 0.4) is 0 Å². The van der Waals surface area contributed by atoms with Gasteiger partial charge < -0.3 is 9.64 Å². The minimum absolute atomic E-state index is 0.0630. The molecule has 0 radical (unpaired) electrons. The van der Waals surface area contributed by atoms with Gasteiger partial charge >= 0.3 is 5.76 Å². The van der Waals surface area contributed by atoms with Crippen LogP contribution in [0.2, 0.25) is 0 Å². The number of alkyl halides is 2. The molecule has 10 heteroatoms. The van der Waals surface area contributed by atoms with Crippen LogP contribution in [0.1, 0.15) is 23.2 Å². The molecule has 0 aliphatic carbocycles. The van der Waals surface area contributed by atoms with E-state index in [0.717, 1.165) is 24.3 Å². The first-order valence-corrected chi connectivity index (χ1v) is 10.3. The number of likely N-dealkylation sites (tertiary alicyclic amines) is 1. The standard InChI is InChI=1S/C19H17F4NO4S/c20-13-3-6-17(16(21)11-13)28-14-7-9-24(10-8-14)18(25)12-1-4-15(5-2-12)29(26,27)19(22)23/h1-6,11,14,19H,7-10H2. The minimum Gasteiger partial charge on any atom is -0.487 e. The first-order chi connectivity index (χ1) is 13.7. The van der Waals surface area contributed by atoms with Crippen LogP contribution in [0.4, 0.5) is 17.6 Å². The van der Waals surface area contributed by atoms with Gasteiger partial charge in [0.2, 0.25) is 9.84 Å². The largest absolute Gasteiger partial charge is 0.487 e. The van der Waals surface area contributed by atoms with Crippen molar-refractivity contribution in [1.82, 2.24) is 4.90 Å². The summed E-state index contributed by atoms with van der Waals surface area (Å²) in [6.45, 7) is 0.618. The van der Waals surface area contributed by atoms with E-state index in [4.69, 9.17) is 4.74 Å². The fraction of sp³-hybridized carbons (Fsp3) is 0.316. The highest BCUT2D eigenvalue weighted by Gasteiger charge is 2.28.